The molecule has 0 unspecified atom stereocenters. The molecule has 0 aliphatic carbocycles. The first-order valence-corrected chi connectivity index (χ1v) is 7.41. The summed E-state index contributed by atoms with van der Waals surface area (Å²) in [5.41, 5.74) is 1.10. The van der Waals surface area contributed by atoms with Crippen LogP contribution in [-0.2, 0) is 11.2 Å². The molecule has 0 radical (unpaired) electrons. The molecule has 0 spiro atoms. The number of likely N-dealkylation sites (N-methyl/N-ethyl adjacent to an activating group) is 1. The molecular formula is C13H23N3OS. The molecule has 1 rings (SSSR count). The summed E-state index contributed by atoms with van der Waals surface area (Å²) >= 11 is 1.66. The first kappa shape index (κ1) is 15.1. The Balaban J connectivity index is 2.10. The van der Waals surface area contributed by atoms with Crippen molar-refractivity contribution in [1.82, 2.24) is 15.6 Å². The number of amides is 1. The summed E-state index contributed by atoms with van der Waals surface area (Å²) in [5.74, 6) is 0.131. The summed E-state index contributed by atoms with van der Waals surface area (Å²) < 4.78 is 0. The number of hydrogen-bond donors (Lipinski definition) is 2. The molecular weight excluding hydrogens is 246 g/mol. The van der Waals surface area contributed by atoms with E-state index in [2.05, 4.69) is 34.8 Å². The zero-order chi connectivity index (χ0) is 13.4. The first-order chi connectivity index (χ1) is 8.61. The summed E-state index contributed by atoms with van der Waals surface area (Å²) in [7, 11) is 0. The summed E-state index contributed by atoms with van der Waals surface area (Å²) in [6, 6.07) is 0.333. The Labute approximate surface area is 113 Å². The van der Waals surface area contributed by atoms with Crippen LogP contribution in [0.15, 0.2) is 5.38 Å². The van der Waals surface area contributed by atoms with Crippen LogP contribution in [0, 0.1) is 6.92 Å². The molecule has 1 aromatic heterocycles. The van der Waals surface area contributed by atoms with Crippen LogP contribution in [0.5, 0.6) is 0 Å². The average molecular weight is 269 g/mol. The van der Waals surface area contributed by atoms with Crippen LogP contribution < -0.4 is 10.6 Å². The molecule has 1 amide bonds. The van der Waals surface area contributed by atoms with Gasteiger partial charge in [-0.05, 0) is 33.2 Å². The van der Waals surface area contributed by atoms with Crippen molar-refractivity contribution in [3.8, 4) is 0 Å². The maximum Gasteiger partial charge on any atom is 0.220 e. The molecule has 5 heteroatoms. The van der Waals surface area contributed by atoms with Crippen molar-refractivity contribution >= 4 is 17.2 Å². The van der Waals surface area contributed by atoms with E-state index in [1.165, 1.54) is 0 Å². The zero-order valence-electron chi connectivity index (χ0n) is 11.5. The Hall–Kier alpha value is -0.940. The lowest BCUT2D eigenvalue weighted by molar-refractivity contribution is -0.121. The van der Waals surface area contributed by atoms with Crippen molar-refractivity contribution in [2.75, 3.05) is 13.1 Å². The molecule has 0 aliphatic heterocycles. The maximum atomic E-state index is 11.6. The number of aryl methyl sites for hydroxylation is 2. The smallest absolute Gasteiger partial charge is 0.220 e. The number of nitrogens with one attached hydrogen (secondary N) is 2. The van der Waals surface area contributed by atoms with Gasteiger partial charge in [0, 0.05) is 24.4 Å². The van der Waals surface area contributed by atoms with Gasteiger partial charge in [0.1, 0.15) is 0 Å². The second-order valence-electron chi connectivity index (χ2n) is 4.47. The topological polar surface area (TPSA) is 54.0 Å². The summed E-state index contributed by atoms with van der Waals surface area (Å²) in [6.07, 6.45) is 2.33. The van der Waals surface area contributed by atoms with E-state index >= 15 is 0 Å². The number of thiazole rings is 1. The van der Waals surface area contributed by atoms with E-state index in [-0.39, 0.29) is 5.91 Å². The molecule has 1 heterocycles. The molecule has 1 atom stereocenters. The van der Waals surface area contributed by atoms with Crippen LogP contribution >= 0.6 is 11.3 Å². The van der Waals surface area contributed by atoms with Gasteiger partial charge >= 0.3 is 0 Å². The van der Waals surface area contributed by atoms with E-state index in [0.717, 1.165) is 30.1 Å². The van der Waals surface area contributed by atoms with Crippen LogP contribution in [-0.4, -0.2) is 30.0 Å². The minimum Gasteiger partial charge on any atom is -0.355 e. The number of hydrogen-bond acceptors (Lipinski definition) is 4. The second-order valence-corrected chi connectivity index (χ2v) is 5.54. The molecule has 0 aromatic carbocycles. The van der Waals surface area contributed by atoms with Gasteiger partial charge in [-0.3, -0.25) is 4.79 Å². The van der Waals surface area contributed by atoms with Gasteiger partial charge in [-0.2, -0.15) is 0 Å². The molecule has 0 aliphatic rings. The highest BCUT2D eigenvalue weighted by molar-refractivity contribution is 7.09. The number of carbonyl (C=O) groups is 1. The lowest BCUT2D eigenvalue weighted by Crippen LogP contribution is -2.38. The van der Waals surface area contributed by atoms with Gasteiger partial charge in [-0.25, -0.2) is 4.98 Å². The lowest BCUT2D eigenvalue weighted by atomic mass is 10.2. The quantitative estimate of drug-likeness (QED) is 0.758. The van der Waals surface area contributed by atoms with Gasteiger partial charge in [-0.15, -0.1) is 11.3 Å². The average Bonchev–Trinajstić information content (AvgIpc) is 2.73. The number of carbonyl (C=O) groups excluding carboxylic acids is 1. The Morgan fingerprint density at radius 3 is 2.94 bits per heavy atom. The third-order valence-corrected chi connectivity index (χ3v) is 3.48. The van der Waals surface area contributed by atoms with Gasteiger partial charge < -0.3 is 10.6 Å². The highest BCUT2D eigenvalue weighted by Crippen LogP contribution is 2.10. The van der Waals surface area contributed by atoms with Crippen molar-refractivity contribution in [2.24, 2.45) is 0 Å². The molecule has 4 nitrogen and oxygen atoms in total. The van der Waals surface area contributed by atoms with Crippen LogP contribution in [0.4, 0.5) is 0 Å². The molecule has 1 aromatic rings. The number of nitrogens with zero attached hydrogens (tertiary/aromatic N) is 1. The lowest BCUT2D eigenvalue weighted by Gasteiger charge is -2.12. The Kier molecular flexibility index (Phi) is 6.90. The maximum absolute atomic E-state index is 11.6. The first-order valence-electron chi connectivity index (χ1n) is 6.53. The summed E-state index contributed by atoms with van der Waals surface area (Å²) in [6.45, 7) is 7.77. The predicted octanol–water partition coefficient (Wildman–Crippen LogP) is 1.89. The third-order valence-electron chi connectivity index (χ3n) is 2.66. The zero-order valence-corrected chi connectivity index (χ0v) is 12.3. The molecule has 0 saturated heterocycles. The summed E-state index contributed by atoms with van der Waals surface area (Å²) in [5, 5.41) is 9.36. The molecule has 0 fully saturated rings. The summed E-state index contributed by atoms with van der Waals surface area (Å²) in [4.78, 5) is 16.0. The molecule has 0 bridgehead atoms. The van der Waals surface area contributed by atoms with Gasteiger partial charge in [0.05, 0.1) is 10.7 Å². The van der Waals surface area contributed by atoms with Crippen molar-refractivity contribution < 1.29 is 4.79 Å². The Morgan fingerprint density at radius 1 is 1.56 bits per heavy atom. The standard InChI is InChI=1S/C13H23N3OS/c1-4-14-10(2)8-15-13(17)7-5-6-12-9-18-11(3)16-12/h9-10,14H,4-8H2,1-3H3,(H,15,17)/t10-/m1/s1. The van der Waals surface area contributed by atoms with E-state index in [0.29, 0.717) is 19.0 Å². The normalized spacial score (nSPS) is 12.4. The Morgan fingerprint density at radius 2 is 2.33 bits per heavy atom. The van der Waals surface area contributed by atoms with E-state index in [1.807, 2.05) is 6.92 Å². The molecule has 18 heavy (non-hydrogen) atoms. The Bertz CT molecular complexity index is 365. The highest BCUT2D eigenvalue weighted by atomic mass is 32.1. The van der Waals surface area contributed by atoms with Crippen LogP contribution in [0.25, 0.3) is 0 Å². The van der Waals surface area contributed by atoms with Crippen LogP contribution in [0.3, 0.4) is 0 Å². The van der Waals surface area contributed by atoms with E-state index < -0.39 is 0 Å². The predicted molar refractivity (Wildman–Crippen MR) is 75.9 cm³/mol. The van der Waals surface area contributed by atoms with Gasteiger partial charge in [0.25, 0.3) is 0 Å². The van der Waals surface area contributed by atoms with Gasteiger partial charge in [-0.1, -0.05) is 6.92 Å². The SMILES string of the molecule is CCN[C@H](C)CNC(=O)CCCc1csc(C)n1. The molecule has 102 valence electrons. The fourth-order valence-corrected chi connectivity index (χ4v) is 2.38. The fraction of sp³-hybridized carbons (Fsp3) is 0.692. The largest absolute Gasteiger partial charge is 0.355 e. The van der Waals surface area contributed by atoms with Crippen molar-refractivity contribution in [3.05, 3.63) is 16.1 Å². The minimum atomic E-state index is 0.131. The second kappa shape index (κ2) is 8.21. The minimum absolute atomic E-state index is 0.131. The van der Waals surface area contributed by atoms with Crippen molar-refractivity contribution in [2.45, 2.75) is 46.1 Å². The monoisotopic (exact) mass is 269 g/mol. The van der Waals surface area contributed by atoms with Crippen LogP contribution in [0.1, 0.15) is 37.4 Å². The van der Waals surface area contributed by atoms with Crippen LogP contribution in [0.2, 0.25) is 0 Å². The van der Waals surface area contributed by atoms with E-state index in [4.69, 9.17) is 0 Å². The number of aromatic nitrogens is 1. The third kappa shape index (κ3) is 6.12. The molecule has 0 saturated carbocycles. The number of rotatable bonds is 8. The highest BCUT2D eigenvalue weighted by Gasteiger charge is 2.05. The van der Waals surface area contributed by atoms with Gasteiger partial charge in [0.15, 0.2) is 0 Å². The fourth-order valence-electron chi connectivity index (χ4n) is 1.73. The van der Waals surface area contributed by atoms with Crippen molar-refractivity contribution in [3.63, 3.8) is 0 Å². The molecule has 2 N–H and O–H groups in total. The van der Waals surface area contributed by atoms with Gasteiger partial charge in [0.2, 0.25) is 5.91 Å². The van der Waals surface area contributed by atoms with Crippen molar-refractivity contribution in [1.29, 1.82) is 0 Å². The van der Waals surface area contributed by atoms with E-state index in [1.54, 1.807) is 11.3 Å². The van der Waals surface area contributed by atoms with E-state index in [9.17, 15) is 4.79 Å².